The van der Waals surface area contributed by atoms with Gasteiger partial charge in [-0.3, -0.25) is 0 Å². The average Bonchev–Trinajstić information content (AvgIpc) is 2.41. The minimum Gasteiger partial charge on any atom is -0.455 e. The van der Waals surface area contributed by atoms with Crippen molar-refractivity contribution in [1.29, 1.82) is 0 Å². The van der Waals surface area contributed by atoms with E-state index < -0.39 is 41.3 Å². The Morgan fingerprint density at radius 2 is 1.57 bits per heavy atom. The first-order valence-corrected chi connectivity index (χ1v) is 6.31. The number of hydrogen-bond acceptors (Lipinski definition) is 3. The van der Waals surface area contributed by atoms with E-state index in [1.54, 1.807) is 6.07 Å². The fourth-order valence-electron chi connectivity index (χ4n) is 2.03. The molecule has 126 valence electrons. The van der Waals surface area contributed by atoms with E-state index in [9.17, 15) is 26.3 Å². The molecule has 1 unspecified atom stereocenters. The summed E-state index contributed by atoms with van der Waals surface area (Å²) in [6.07, 6.45) is -11.3. The molecule has 0 spiro atoms. The average molecular weight is 338 g/mol. The predicted octanol–water partition coefficient (Wildman–Crippen LogP) is 3.39. The summed E-state index contributed by atoms with van der Waals surface area (Å²) in [6.45, 7) is 0. The zero-order chi connectivity index (χ0) is 17.5. The molecule has 1 aliphatic carbocycles. The molecular weight excluding hydrogens is 326 g/mol. The zero-order valence-corrected chi connectivity index (χ0v) is 11.5. The van der Waals surface area contributed by atoms with Crippen LogP contribution < -0.4 is 16.2 Å². The number of para-hydroxylation sites is 1. The highest BCUT2D eigenvalue weighted by atomic mass is 19.4. The van der Waals surface area contributed by atoms with Crippen LogP contribution in [0.1, 0.15) is 6.42 Å². The lowest BCUT2D eigenvalue weighted by molar-refractivity contribution is -0.177. The van der Waals surface area contributed by atoms with Crippen molar-refractivity contribution in [3.8, 4) is 5.75 Å². The second-order valence-electron chi connectivity index (χ2n) is 5.03. The van der Waals surface area contributed by atoms with E-state index in [2.05, 4.69) is 0 Å². The first-order valence-electron chi connectivity index (χ1n) is 6.31. The molecule has 9 heteroatoms. The summed E-state index contributed by atoms with van der Waals surface area (Å²) >= 11 is 0. The number of halogens is 6. The van der Waals surface area contributed by atoms with Gasteiger partial charge in [0.2, 0.25) is 0 Å². The number of benzene rings is 1. The Kier molecular flexibility index (Phi) is 4.10. The van der Waals surface area contributed by atoms with Gasteiger partial charge in [-0.05, 0) is 18.2 Å². The van der Waals surface area contributed by atoms with Crippen molar-refractivity contribution in [1.82, 2.24) is 0 Å². The van der Waals surface area contributed by atoms with E-state index >= 15 is 0 Å². The first-order chi connectivity index (χ1) is 10.4. The van der Waals surface area contributed by atoms with Gasteiger partial charge in [-0.15, -0.1) is 0 Å². The van der Waals surface area contributed by atoms with Crippen LogP contribution >= 0.6 is 0 Å². The van der Waals surface area contributed by atoms with Crippen LogP contribution in [0.4, 0.5) is 26.3 Å². The molecule has 4 N–H and O–H groups in total. The molecule has 0 saturated carbocycles. The molecule has 0 fully saturated rings. The maximum Gasteiger partial charge on any atom is 0.414 e. The van der Waals surface area contributed by atoms with Gasteiger partial charge in [0.1, 0.15) is 17.0 Å². The number of ether oxygens (including phenoxy) is 1. The normalized spacial score (nSPS) is 22.8. The Balaban J connectivity index is 2.52. The van der Waals surface area contributed by atoms with Crippen LogP contribution in [0, 0.1) is 0 Å². The summed E-state index contributed by atoms with van der Waals surface area (Å²) in [5.74, 6) is -0.732. The van der Waals surface area contributed by atoms with Gasteiger partial charge in [0, 0.05) is 6.42 Å². The van der Waals surface area contributed by atoms with Crippen molar-refractivity contribution in [3.63, 3.8) is 0 Å². The lowest BCUT2D eigenvalue weighted by Gasteiger charge is -2.35. The van der Waals surface area contributed by atoms with Crippen LogP contribution in [0.2, 0.25) is 0 Å². The van der Waals surface area contributed by atoms with Crippen LogP contribution in [0.3, 0.4) is 0 Å². The fraction of sp³-hybridized carbons (Fsp3) is 0.286. The highest BCUT2D eigenvalue weighted by Gasteiger charge is 2.56. The molecule has 2 rings (SSSR count). The molecule has 0 radical (unpaired) electrons. The summed E-state index contributed by atoms with van der Waals surface area (Å²) in [5, 5.41) is 0. The van der Waals surface area contributed by atoms with E-state index in [1.165, 1.54) is 24.3 Å². The van der Waals surface area contributed by atoms with E-state index in [0.717, 1.165) is 0 Å². The molecule has 0 aliphatic heterocycles. The van der Waals surface area contributed by atoms with Crippen molar-refractivity contribution in [2.24, 2.45) is 11.5 Å². The third-order valence-electron chi connectivity index (χ3n) is 3.29. The third-order valence-corrected chi connectivity index (χ3v) is 3.29. The van der Waals surface area contributed by atoms with Crippen LogP contribution in [-0.2, 0) is 0 Å². The maximum atomic E-state index is 13.1. The smallest absolute Gasteiger partial charge is 0.414 e. The highest BCUT2D eigenvalue weighted by molar-refractivity contribution is 5.43. The molecule has 1 aliphatic rings. The highest BCUT2D eigenvalue weighted by Crippen LogP contribution is 2.44. The largest absolute Gasteiger partial charge is 0.455 e. The lowest BCUT2D eigenvalue weighted by atomic mass is 9.84. The molecule has 0 bridgehead atoms. The summed E-state index contributed by atoms with van der Waals surface area (Å²) < 4.78 is 83.3. The molecule has 0 aromatic heterocycles. The van der Waals surface area contributed by atoms with E-state index in [0.29, 0.717) is 6.08 Å². The second kappa shape index (κ2) is 5.48. The molecule has 0 saturated heterocycles. The Hall–Kier alpha value is -2.16. The van der Waals surface area contributed by atoms with Gasteiger partial charge in [-0.2, -0.15) is 26.3 Å². The van der Waals surface area contributed by atoms with Crippen LogP contribution in [0.25, 0.3) is 0 Å². The third kappa shape index (κ3) is 3.44. The molecule has 0 amide bonds. The quantitative estimate of drug-likeness (QED) is 0.813. The van der Waals surface area contributed by atoms with Gasteiger partial charge < -0.3 is 16.2 Å². The number of hydrogen-bond donors (Lipinski definition) is 2. The fourth-order valence-corrected chi connectivity index (χ4v) is 2.03. The van der Waals surface area contributed by atoms with E-state index in [4.69, 9.17) is 16.2 Å². The molecule has 0 heterocycles. The summed E-state index contributed by atoms with van der Waals surface area (Å²) in [5.41, 5.74) is 4.83. The summed E-state index contributed by atoms with van der Waals surface area (Å²) in [7, 11) is 0. The van der Waals surface area contributed by atoms with E-state index in [1.807, 2.05) is 0 Å². The molecule has 3 nitrogen and oxygen atoms in total. The van der Waals surface area contributed by atoms with Crippen molar-refractivity contribution < 1.29 is 31.1 Å². The number of rotatable bonds is 2. The monoisotopic (exact) mass is 338 g/mol. The Morgan fingerprint density at radius 1 is 1.00 bits per heavy atom. The second-order valence-corrected chi connectivity index (χ2v) is 5.03. The van der Waals surface area contributed by atoms with Crippen molar-refractivity contribution in [2.75, 3.05) is 0 Å². The van der Waals surface area contributed by atoms with Crippen molar-refractivity contribution in [3.05, 3.63) is 53.4 Å². The molecule has 23 heavy (non-hydrogen) atoms. The summed E-state index contributed by atoms with van der Waals surface area (Å²) in [4.78, 5) is 0. The Morgan fingerprint density at radius 3 is 2.04 bits per heavy atom. The lowest BCUT2D eigenvalue weighted by Crippen LogP contribution is -2.55. The van der Waals surface area contributed by atoms with Gasteiger partial charge in [0.25, 0.3) is 0 Å². The minimum absolute atomic E-state index is 0.0367. The Bertz CT molecular complexity index is 647. The molecule has 1 aromatic carbocycles. The van der Waals surface area contributed by atoms with Crippen molar-refractivity contribution in [2.45, 2.75) is 24.3 Å². The molecule has 1 atom stereocenters. The molecule has 1 aromatic rings. The van der Waals surface area contributed by atoms with Crippen molar-refractivity contribution >= 4 is 0 Å². The van der Waals surface area contributed by atoms with Crippen LogP contribution in [0.15, 0.2) is 53.4 Å². The zero-order valence-electron chi connectivity index (χ0n) is 11.5. The van der Waals surface area contributed by atoms with Crippen LogP contribution in [0.5, 0.6) is 5.75 Å². The Labute approximate surface area is 127 Å². The van der Waals surface area contributed by atoms with Gasteiger partial charge in [0.05, 0.1) is 11.3 Å². The van der Waals surface area contributed by atoms with Gasteiger partial charge in [-0.1, -0.05) is 18.2 Å². The first kappa shape index (κ1) is 17.2. The van der Waals surface area contributed by atoms with Gasteiger partial charge in [0.15, 0.2) is 0 Å². The SMILES string of the molecule is NC1=C(C(F)(F)F)CC(N)(C(F)(F)F)C=C1Oc1ccccc1. The topological polar surface area (TPSA) is 61.3 Å². The number of alkyl halides is 6. The minimum atomic E-state index is -5.10. The number of nitrogens with two attached hydrogens (primary N) is 2. The predicted molar refractivity (Wildman–Crippen MR) is 70.0 cm³/mol. The standard InChI is InChI=1S/C14H12F6N2O/c15-13(16,17)9-6-12(22,14(18,19)20)7-10(11(9)21)23-8-4-2-1-3-5-8/h1-5,7H,6,21-22H2. The summed E-state index contributed by atoms with van der Waals surface area (Å²) in [6, 6.07) is 7.33. The van der Waals surface area contributed by atoms with Gasteiger partial charge >= 0.3 is 12.4 Å². The van der Waals surface area contributed by atoms with Crippen LogP contribution in [-0.4, -0.2) is 17.9 Å². The maximum absolute atomic E-state index is 13.1. The molecular formula is C14H12F6N2O. The van der Waals surface area contributed by atoms with Gasteiger partial charge in [-0.25, -0.2) is 0 Å². The van der Waals surface area contributed by atoms with E-state index in [-0.39, 0.29) is 5.75 Å².